The lowest BCUT2D eigenvalue weighted by atomic mass is 10.1. The fourth-order valence-corrected chi connectivity index (χ4v) is 1.60. The third kappa shape index (κ3) is 4.19. The molecule has 0 saturated heterocycles. The number of Topliss-reactive ketones (excluding diaryl/α,β-unsaturated/α-hetero) is 1. The van der Waals surface area contributed by atoms with Crippen LogP contribution in [-0.2, 0) is 9.53 Å². The summed E-state index contributed by atoms with van der Waals surface area (Å²) < 4.78 is 10.8. The van der Waals surface area contributed by atoms with Gasteiger partial charge in [-0.25, -0.2) is 4.79 Å². The molecule has 0 spiro atoms. The molecule has 0 heterocycles. The maximum absolute atomic E-state index is 11.4. The van der Waals surface area contributed by atoms with Gasteiger partial charge in [0, 0.05) is 4.47 Å². The molecule has 0 aromatic heterocycles. The number of halogens is 1. The van der Waals surface area contributed by atoms with E-state index >= 15 is 0 Å². The summed E-state index contributed by atoms with van der Waals surface area (Å²) in [6.45, 7) is 3.27. The number of carbonyl (C=O) groups is 2. The van der Waals surface area contributed by atoms with Gasteiger partial charge >= 0.3 is 5.97 Å². The zero-order valence-corrected chi connectivity index (χ0v) is 11.2. The van der Waals surface area contributed by atoms with Crippen molar-refractivity contribution in [1.82, 2.24) is 0 Å². The molecule has 5 heteroatoms. The van der Waals surface area contributed by atoms with E-state index < -0.39 is 5.97 Å². The van der Waals surface area contributed by atoms with Gasteiger partial charge in [-0.3, -0.25) is 4.79 Å². The van der Waals surface area contributed by atoms with E-state index in [2.05, 4.69) is 15.9 Å². The molecule has 0 aliphatic heterocycles. The van der Waals surface area contributed by atoms with Gasteiger partial charge in [0.25, 0.3) is 0 Å². The molecule has 0 fully saturated rings. The van der Waals surface area contributed by atoms with E-state index in [1.54, 1.807) is 25.1 Å². The van der Waals surface area contributed by atoms with Gasteiger partial charge in [0.15, 0.2) is 12.4 Å². The molecule has 0 radical (unpaired) electrons. The SMILES string of the molecule is CCOC(=O)COc1ccc(Br)cc1C(C)=O. The molecular formula is C12H13BrO4. The Balaban J connectivity index is 2.77. The summed E-state index contributed by atoms with van der Waals surface area (Å²) in [5.41, 5.74) is 0.434. The molecule has 0 unspecified atom stereocenters. The summed E-state index contributed by atoms with van der Waals surface area (Å²) in [4.78, 5) is 22.5. The highest BCUT2D eigenvalue weighted by molar-refractivity contribution is 9.10. The van der Waals surface area contributed by atoms with Crippen molar-refractivity contribution in [2.24, 2.45) is 0 Å². The summed E-state index contributed by atoms with van der Waals surface area (Å²) in [6, 6.07) is 5.04. The van der Waals surface area contributed by atoms with Gasteiger partial charge in [-0.2, -0.15) is 0 Å². The van der Waals surface area contributed by atoms with Gasteiger partial charge in [0.1, 0.15) is 5.75 Å². The number of benzene rings is 1. The van der Waals surface area contributed by atoms with Crippen LogP contribution in [-0.4, -0.2) is 25.0 Å². The topological polar surface area (TPSA) is 52.6 Å². The van der Waals surface area contributed by atoms with Crippen LogP contribution in [0.2, 0.25) is 0 Å². The van der Waals surface area contributed by atoms with E-state index in [4.69, 9.17) is 9.47 Å². The molecule has 0 aliphatic rings. The molecule has 0 amide bonds. The average Bonchev–Trinajstić information content (AvgIpc) is 2.27. The van der Waals surface area contributed by atoms with Crippen LogP contribution >= 0.6 is 15.9 Å². The lowest BCUT2D eigenvalue weighted by Crippen LogP contribution is -2.15. The molecule has 0 bridgehead atoms. The molecule has 0 aliphatic carbocycles. The van der Waals surface area contributed by atoms with Crippen LogP contribution in [0.5, 0.6) is 5.75 Å². The minimum atomic E-state index is -0.454. The predicted molar refractivity (Wildman–Crippen MR) is 66.3 cm³/mol. The molecule has 1 aromatic carbocycles. The molecule has 17 heavy (non-hydrogen) atoms. The van der Waals surface area contributed by atoms with E-state index in [0.29, 0.717) is 17.9 Å². The van der Waals surface area contributed by atoms with Crippen molar-refractivity contribution in [3.8, 4) is 5.75 Å². The number of rotatable bonds is 5. The van der Waals surface area contributed by atoms with Crippen LogP contribution in [0, 0.1) is 0 Å². The minimum absolute atomic E-state index is 0.120. The summed E-state index contributed by atoms with van der Waals surface area (Å²) in [7, 11) is 0. The second-order valence-corrected chi connectivity index (χ2v) is 4.21. The first-order chi connectivity index (χ1) is 8.04. The quantitative estimate of drug-likeness (QED) is 0.619. The monoisotopic (exact) mass is 300 g/mol. The third-order valence-electron chi connectivity index (χ3n) is 1.97. The van der Waals surface area contributed by atoms with Crippen LogP contribution in [0.3, 0.4) is 0 Å². The third-order valence-corrected chi connectivity index (χ3v) is 2.47. The highest BCUT2D eigenvalue weighted by Gasteiger charge is 2.11. The molecule has 0 N–H and O–H groups in total. The van der Waals surface area contributed by atoms with Crippen LogP contribution in [0.25, 0.3) is 0 Å². The zero-order valence-electron chi connectivity index (χ0n) is 9.66. The Morgan fingerprint density at radius 2 is 2.06 bits per heavy atom. The van der Waals surface area contributed by atoms with Gasteiger partial charge in [-0.15, -0.1) is 0 Å². The lowest BCUT2D eigenvalue weighted by molar-refractivity contribution is -0.145. The first-order valence-corrected chi connectivity index (χ1v) is 5.92. The second kappa shape index (κ2) is 6.39. The molecular weight excluding hydrogens is 288 g/mol. The van der Waals surface area contributed by atoms with Crippen molar-refractivity contribution in [3.05, 3.63) is 28.2 Å². The van der Waals surface area contributed by atoms with E-state index in [9.17, 15) is 9.59 Å². The molecule has 92 valence electrons. The summed E-state index contributed by atoms with van der Waals surface area (Å²) in [6.07, 6.45) is 0. The Morgan fingerprint density at radius 3 is 2.65 bits per heavy atom. The van der Waals surface area contributed by atoms with Crippen molar-refractivity contribution < 1.29 is 19.1 Å². The lowest BCUT2D eigenvalue weighted by Gasteiger charge is -2.09. The van der Waals surface area contributed by atoms with Crippen molar-refractivity contribution in [3.63, 3.8) is 0 Å². The predicted octanol–water partition coefficient (Wildman–Crippen LogP) is 2.59. The molecule has 1 rings (SSSR count). The molecule has 4 nitrogen and oxygen atoms in total. The summed E-state index contributed by atoms with van der Waals surface area (Å²) in [5.74, 6) is -0.191. The Hall–Kier alpha value is -1.36. The van der Waals surface area contributed by atoms with Crippen molar-refractivity contribution >= 4 is 27.7 Å². The normalized spacial score (nSPS) is 9.82. The van der Waals surface area contributed by atoms with Gasteiger partial charge in [0.05, 0.1) is 12.2 Å². The van der Waals surface area contributed by atoms with E-state index in [1.165, 1.54) is 6.92 Å². The van der Waals surface area contributed by atoms with Crippen molar-refractivity contribution in [1.29, 1.82) is 0 Å². The number of carbonyl (C=O) groups excluding carboxylic acids is 2. The average molecular weight is 301 g/mol. The standard InChI is InChI=1S/C12H13BrO4/c1-3-16-12(15)7-17-11-5-4-9(13)6-10(11)8(2)14/h4-6H,3,7H2,1-2H3. The maximum atomic E-state index is 11.4. The largest absolute Gasteiger partial charge is 0.481 e. The van der Waals surface area contributed by atoms with Gasteiger partial charge < -0.3 is 9.47 Å². The minimum Gasteiger partial charge on any atom is -0.481 e. The zero-order chi connectivity index (χ0) is 12.8. The highest BCUT2D eigenvalue weighted by Crippen LogP contribution is 2.23. The fourth-order valence-electron chi connectivity index (χ4n) is 1.24. The first-order valence-electron chi connectivity index (χ1n) is 5.13. The Kier molecular flexibility index (Phi) is 5.15. The Bertz CT molecular complexity index is 429. The van der Waals surface area contributed by atoms with Crippen LogP contribution in [0.15, 0.2) is 22.7 Å². The smallest absolute Gasteiger partial charge is 0.344 e. The number of ketones is 1. The van der Waals surface area contributed by atoms with Gasteiger partial charge in [0.2, 0.25) is 0 Å². The summed E-state index contributed by atoms with van der Waals surface area (Å²) in [5, 5.41) is 0. The molecule has 0 saturated carbocycles. The van der Waals surface area contributed by atoms with Crippen LogP contribution < -0.4 is 4.74 Å². The fraction of sp³-hybridized carbons (Fsp3) is 0.333. The summed E-state index contributed by atoms with van der Waals surface area (Å²) >= 11 is 3.27. The number of hydrogen-bond donors (Lipinski definition) is 0. The van der Waals surface area contributed by atoms with Crippen molar-refractivity contribution in [2.45, 2.75) is 13.8 Å². The Labute approximate surface area is 108 Å². The maximum Gasteiger partial charge on any atom is 0.344 e. The van der Waals surface area contributed by atoms with E-state index in [-0.39, 0.29) is 12.4 Å². The van der Waals surface area contributed by atoms with Gasteiger partial charge in [-0.05, 0) is 32.0 Å². The molecule has 1 aromatic rings. The van der Waals surface area contributed by atoms with Gasteiger partial charge in [-0.1, -0.05) is 15.9 Å². The van der Waals surface area contributed by atoms with Crippen LogP contribution in [0.1, 0.15) is 24.2 Å². The number of ether oxygens (including phenoxy) is 2. The number of esters is 1. The number of hydrogen-bond acceptors (Lipinski definition) is 4. The van der Waals surface area contributed by atoms with Crippen molar-refractivity contribution in [2.75, 3.05) is 13.2 Å². The first kappa shape index (κ1) is 13.7. The van der Waals surface area contributed by atoms with Crippen LogP contribution in [0.4, 0.5) is 0 Å². The van der Waals surface area contributed by atoms with E-state index in [0.717, 1.165) is 4.47 Å². The highest BCUT2D eigenvalue weighted by atomic mass is 79.9. The van der Waals surface area contributed by atoms with E-state index in [1.807, 2.05) is 0 Å². The Morgan fingerprint density at radius 1 is 1.35 bits per heavy atom. The second-order valence-electron chi connectivity index (χ2n) is 3.29. The molecule has 0 atom stereocenters.